The van der Waals surface area contributed by atoms with E-state index in [-0.39, 0.29) is 17.5 Å². The van der Waals surface area contributed by atoms with Crippen LogP contribution in [0.1, 0.15) is 104 Å². The molecule has 0 aromatic carbocycles. The number of unbranched alkanes of at least 4 members (excludes halogenated alkanes) is 10. The highest BCUT2D eigenvalue weighted by Gasteiger charge is 1.98. The summed E-state index contributed by atoms with van der Waals surface area (Å²) < 4.78 is 5.18. The summed E-state index contributed by atoms with van der Waals surface area (Å²) in [6, 6.07) is 0. The maximum Gasteiger partial charge on any atom is 0.330 e. The van der Waals surface area contributed by atoms with Crippen LogP contribution in [0.2, 0.25) is 0 Å². The molecule has 0 saturated carbocycles. The number of carbonyl (C=O) groups is 3. The second-order valence-corrected chi connectivity index (χ2v) is 7.15. The van der Waals surface area contributed by atoms with Crippen LogP contribution < -0.4 is 0 Å². The fraction of sp³-hybridized carbons (Fsp3) is 0.773. The third kappa shape index (κ3) is 20.6. The van der Waals surface area contributed by atoms with Crippen molar-refractivity contribution in [3.8, 4) is 0 Å². The molecule has 0 amide bonds. The lowest BCUT2D eigenvalue weighted by Crippen LogP contribution is -2.02. The van der Waals surface area contributed by atoms with E-state index in [0.29, 0.717) is 19.4 Å². The molecule has 0 unspecified atom stereocenters. The van der Waals surface area contributed by atoms with Crippen molar-refractivity contribution in [2.45, 2.75) is 104 Å². The zero-order chi connectivity index (χ0) is 19.5. The Balaban J connectivity index is 3.30. The molecule has 0 fully saturated rings. The molecule has 0 radical (unpaired) electrons. The van der Waals surface area contributed by atoms with Crippen LogP contribution in [0, 0.1) is 0 Å². The van der Waals surface area contributed by atoms with E-state index in [1.165, 1.54) is 18.9 Å². The van der Waals surface area contributed by atoms with Crippen LogP contribution in [0.3, 0.4) is 0 Å². The van der Waals surface area contributed by atoms with Gasteiger partial charge < -0.3 is 14.3 Å². The molecule has 0 aliphatic carbocycles. The number of hydrogen-bond acceptors (Lipinski definition) is 4. The summed E-state index contributed by atoms with van der Waals surface area (Å²) in [7, 11) is 0. The molecule has 0 spiro atoms. The van der Waals surface area contributed by atoms with E-state index < -0.39 is 0 Å². The van der Waals surface area contributed by atoms with Crippen LogP contribution in [-0.4, -0.2) is 24.1 Å². The van der Waals surface area contributed by atoms with Gasteiger partial charge in [0.15, 0.2) is 0 Å². The third-order valence-corrected chi connectivity index (χ3v) is 4.32. The highest BCUT2D eigenvalue weighted by Crippen LogP contribution is 2.09. The molecular weight excluding hydrogens is 328 g/mol. The molecule has 150 valence electrons. The first-order chi connectivity index (χ1) is 12.5. The maximum absolute atomic E-state index is 11.5. The number of ether oxygens (including phenoxy) is 1. The van der Waals surface area contributed by atoms with Crippen molar-refractivity contribution < 1.29 is 19.1 Å². The van der Waals surface area contributed by atoms with E-state index in [1.807, 2.05) is 6.08 Å². The molecule has 26 heavy (non-hydrogen) atoms. The lowest BCUT2D eigenvalue weighted by Gasteiger charge is -2.03. The first kappa shape index (κ1) is 24.6. The average molecular weight is 367 g/mol. The summed E-state index contributed by atoms with van der Waals surface area (Å²) in [5.41, 5.74) is 0. The number of ketones is 2. The minimum absolute atomic E-state index is 0.245. The van der Waals surface area contributed by atoms with Gasteiger partial charge in [-0.25, -0.2) is 4.79 Å². The van der Waals surface area contributed by atoms with E-state index in [2.05, 4.69) is 0 Å². The third-order valence-electron chi connectivity index (χ3n) is 4.32. The van der Waals surface area contributed by atoms with Crippen LogP contribution in [0.15, 0.2) is 12.2 Å². The van der Waals surface area contributed by atoms with E-state index >= 15 is 0 Å². The predicted octanol–water partition coefficient (Wildman–Crippen LogP) is 5.73. The van der Waals surface area contributed by atoms with E-state index in [0.717, 1.165) is 64.2 Å². The van der Waals surface area contributed by atoms with Gasteiger partial charge in [0.05, 0.1) is 6.61 Å². The van der Waals surface area contributed by atoms with Gasteiger partial charge in [-0.15, -0.1) is 0 Å². The van der Waals surface area contributed by atoms with Crippen molar-refractivity contribution in [3.05, 3.63) is 12.2 Å². The van der Waals surface area contributed by atoms with Gasteiger partial charge in [-0.05, 0) is 46.0 Å². The number of carbonyl (C=O) groups excluding carboxylic acids is 3. The molecular formula is C22H38O4. The van der Waals surface area contributed by atoms with Crippen LogP contribution in [0.25, 0.3) is 0 Å². The Hall–Kier alpha value is -1.45. The van der Waals surface area contributed by atoms with E-state index in [4.69, 9.17) is 4.74 Å². The minimum atomic E-state index is -0.245. The van der Waals surface area contributed by atoms with E-state index in [9.17, 15) is 14.4 Å². The fourth-order valence-corrected chi connectivity index (χ4v) is 2.75. The van der Waals surface area contributed by atoms with Crippen LogP contribution >= 0.6 is 0 Å². The summed E-state index contributed by atoms with van der Waals surface area (Å²) >= 11 is 0. The SMILES string of the molecule is CC(=O)CCCCCCC=CC(=O)OCCCCCCCCCC(C)=O. The normalized spacial score (nSPS) is 11.0. The summed E-state index contributed by atoms with van der Waals surface area (Å²) in [5.74, 6) is 0.300. The Morgan fingerprint density at radius 1 is 0.654 bits per heavy atom. The molecule has 4 nitrogen and oxygen atoms in total. The summed E-state index contributed by atoms with van der Waals surface area (Å²) in [4.78, 5) is 33.1. The summed E-state index contributed by atoms with van der Waals surface area (Å²) in [6.45, 7) is 3.78. The van der Waals surface area contributed by atoms with Crippen molar-refractivity contribution >= 4 is 17.5 Å². The monoisotopic (exact) mass is 366 g/mol. The minimum Gasteiger partial charge on any atom is -0.463 e. The second kappa shape index (κ2) is 18.3. The van der Waals surface area contributed by atoms with Crippen molar-refractivity contribution in [1.29, 1.82) is 0 Å². The van der Waals surface area contributed by atoms with Crippen LogP contribution in [0.4, 0.5) is 0 Å². The van der Waals surface area contributed by atoms with Crippen molar-refractivity contribution in [2.24, 2.45) is 0 Å². The molecule has 0 atom stereocenters. The molecule has 0 rings (SSSR count). The number of allylic oxidation sites excluding steroid dienone is 1. The maximum atomic E-state index is 11.5. The zero-order valence-corrected chi connectivity index (χ0v) is 16.9. The Labute approximate surface area is 159 Å². The lowest BCUT2D eigenvalue weighted by molar-refractivity contribution is -0.137. The fourth-order valence-electron chi connectivity index (χ4n) is 2.75. The van der Waals surface area contributed by atoms with Gasteiger partial charge >= 0.3 is 5.97 Å². The highest BCUT2D eigenvalue weighted by atomic mass is 16.5. The van der Waals surface area contributed by atoms with Gasteiger partial charge in [-0.1, -0.05) is 51.0 Å². The van der Waals surface area contributed by atoms with Crippen molar-refractivity contribution in [3.63, 3.8) is 0 Å². The lowest BCUT2D eigenvalue weighted by atomic mass is 10.1. The van der Waals surface area contributed by atoms with Crippen molar-refractivity contribution in [1.82, 2.24) is 0 Å². The number of rotatable bonds is 18. The van der Waals surface area contributed by atoms with Gasteiger partial charge in [0.2, 0.25) is 0 Å². The molecule has 0 aliphatic rings. The highest BCUT2D eigenvalue weighted by molar-refractivity contribution is 5.81. The molecule has 0 heterocycles. The topological polar surface area (TPSA) is 60.4 Å². The van der Waals surface area contributed by atoms with Gasteiger partial charge in [0.25, 0.3) is 0 Å². The van der Waals surface area contributed by atoms with E-state index in [1.54, 1.807) is 13.8 Å². The Morgan fingerprint density at radius 3 is 1.65 bits per heavy atom. The van der Waals surface area contributed by atoms with Crippen LogP contribution in [-0.2, 0) is 19.1 Å². The molecule has 0 N–H and O–H groups in total. The molecule has 0 saturated heterocycles. The standard InChI is InChI=1S/C22H38O4/c1-20(23)16-12-8-4-3-7-11-15-19-26-22(25)18-14-10-6-5-9-13-17-21(2)24/h14,18H,3-13,15-17,19H2,1-2H3. The second-order valence-electron chi connectivity index (χ2n) is 7.15. The van der Waals surface area contributed by atoms with Gasteiger partial charge in [-0.2, -0.15) is 0 Å². The van der Waals surface area contributed by atoms with Gasteiger partial charge in [0, 0.05) is 18.9 Å². The quantitative estimate of drug-likeness (QED) is 0.177. The summed E-state index contributed by atoms with van der Waals surface area (Å²) in [6.07, 6.45) is 17.6. The Kier molecular flexibility index (Phi) is 17.3. The number of Topliss-reactive ketones (excluding diaryl/α,β-unsaturated/α-hetero) is 2. The molecule has 0 aromatic rings. The first-order valence-corrected chi connectivity index (χ1v) is 10.3. The first-order valence-electron chi connectivity index (χ1n) is 10.3. The average Bonchev–Trinajstić information content (AvgIpc) is 2.58. The smallest absolute Gasteiger partial charge is 0.330 e. The summed E-state index contributed by atoms with van der Waals surface area (Å²) in [5, 5.41) is 0. The molecule has 0 aromatic heterocycles. The predicted molar refractivity (Wildman–Crippen MR) is 106 cm³/mol. The number of esters is 1. The molecule has 0 aliphatic heterocycles. The number of hydrogen-bond donors (Lipinski definition) is 0. The Morgan fingerprint density at radius 2 is 1.12 bits per heavy atom. The van der Waals surface area contributed by atoms with Gasteiger partial charge in [0.1, 0.15) is 11.6 Å². The van der Waals surface area contributed by atoms with Crippen molar-refractivity contribution in [2.75, 3.05) is 6.61 Å². The molecule has 4 heteroatoms. The largest absolute Gasteiger partial charge is 0.463 e. The molecule has 0 bridgehead atoms. The zero-order valence-electron chi connectivity index (χ0n) is 16.9. The Bertz CT molecular complexity index is 412. The van der Waals surface area contributed by atoms with Gasteiger partial charge in [-0.3, -0.25) is 0 Å². The van der Waals surface area contributed by atoms with Crippen LogP contribution in [0.5, 0.6) is 0 Å².